The summed E-state index contributed by atoms with van der Waals surface area (Å²) in [4.78, 5) is 7.15. The van der Waals surface area contributed by atoms with Gasteiger partial charge >= 0.3 is 0 Å². The highest BCUT2D eigenvalue weighted by atomic mass is 35.5. The van der Waals surface area contributed by atoms with E-state index in [9.17, 15) is 0 Å². The molecule has 0 aliphatic carbocycles. The van der Waals surface area contributed by atoms with E-state index in [1.807, 2.05) is 29.5 Å². The Kier molecular flexibility index (Phi) is 24.2. The number of rotatable bonds is 18. The van der Waals surface area contributed by atoms with Gasteiger partial charge in [0.25, 0.3) is 0 Å². The Balaban J connectivity index is 0.000000115. The standard InChI is InChI=1S/C52H34ClNSSi.2C42H30ClNSi/c53-45-27-13-24-39-40(23-12-25-41(39)45)44-26-14-30-49-51(44)52-46(28-15-31-50(52)56(49,37-18-6-2-7-19-37)38-20-8-3-9-21-38)54(35-16-4-1-5-17-35)36-32-33-43-42-22-10-11-29-47(42)55-48(43)34-36;43-31-28-29-38-41(30-31)45(34-20-9-3-10-21-34,35-22-11-4-12-23-35)40-27-15-25-37(42(38)40)36-24-13-14-26-39(36)44(32-16-5-1-6-17-32)33-18-7-2-8-19-33;43-39-22-13-23-41-42(39)38-30-32(26-29-40(38)45(41,36-18-9-3-10-19-36)37-20-11-4-12-21-37)31-24-27-35(28-25-31)44(33-14-5-1-6-15-33)34-16-7-2-8-17-34/h1-34H;2*1-30H. The quantitative estimate of drug-likeness (QED) is 0.0793. The van der Waals surface area contributed by atoms with Crippen molar-refractivity contribution in [2.45, 2.75) is 0 Å². The lowest BCUT2D eigenvalue weighted by atomic mass is 9.90. The molecule has 0 saturated carbocycles. The number of anilines is 9. The Labute approximate surface area is 874 Å². The molecule has 0 spiro atoms. The van der Waals surface area contributed by atoms with Crippen molar-refractivity contribution in [1.29, 1.82) is 0 Å². The molecule has 3 aliphatic heterocycles. The van der Waals surface area contributed by atoms with E-state index in [1.54, 1.807) is 0 Å². The average molecular weight is 1990 g/mol. The molecule has 0 unspecified atom stereocenters. The van der Waals surface area contributed by atoms with Crippen LogP contribution in [0.15, 0.2) is 570 Å². The van der Waals surface area contributed by atoms with Crippen LogP contribution in [-0.2, 0) is 0 Å². The zero-order valence-corrected chi connectivity index (χ0v) is 85.7. The normalized spacial score (nSPS) is 12.8. The molecule has 1 aromatic heterocycles. The van der Waals surface area contributed by atoms with Crippen LogP contribution in [0.4, 0.5) is 51.2 Å². The van der Waals surface area contributed by atoms with Crippen LogP contribution in [0.25, 0.3) is 97.7 Å². The zero-order valence-electron chi connectivity index (χ0n) is 79.7. The first-order valence-electron chi connectivity index (χ1n) is 49.7. The molecule has 0 N–H and O–H groups in total. The van der Waals surface area contributed by atoms with Crippen LogP contribution in [0.3, 0.4) is 0 Å². The van der Waals surface area contributed by atoms with E-state index in [4.69, 9.17) is 34.8 Å². The maximum absolute atomic E-state index is 7.09. The average Bonchev–Trinajstić information content (AvgIpc) is 1.53. The number of nitrogens with zero attached hydrogens (tertiary/aromatic N) is 3. The summed E-state index contributed by atoms with van der Waals surface area (Å²) in [6.07, 6.45) is 0. The Morgan fingerprint density at radius 3 is 1.05 bits per heavy atom. The third-order valence-electron chi connectivity index (χ3n) is 29.6. The smallest absolute Gasteiger partial charge is 0.180 e. The summed E-state index contributed by atoms with van der Waals surface area (Å²) in [7, 11) is -8.13. The minimum Gasteiger partial charge on any atom is -0.311 e. The fourth-order valence-corrected chi connectivity index (χ4v) is 41.2. The maximum atomic E-state index is 7.09. The summed E-state index contributed by atoms with van der Waals surface area (Å²) in [5.41, 5.74) is 24.9. The molecule has 0 amide bonds. The Bertz CT molecular complexity index is 8750. The van der Waals surface area contributed by atoms with Crippen molar-refractivity contribution in [2.75, 3.05) is 14.7 Å². The largest absolute Gasteiger partial charge is 0.311 e. The third kappa shape index (κ3) is 15.5. The summed E-state index contributed by atoms with van der Waals surface area (Å²) in [6, 6.07) is 207. The van der Waals surface area contributed by atoms with Gasteiger partial charge in [-0.3, -0.25) is 0 Å². The molecular weight excluding hydrogens is 1900 g/mol. The van der Waals surface area contributed by atoms with Gasteiger partial charge in [0.05, 0.1) is 11.4 Å². The summed E-state index contributed by atoms with van der Waals surface area (Å²) in [6.45, 7) is 0. The van der Waals surface area contributed by atoms with Gasteiger partial charge in [0.1, 0.15) is 0 Å². The van der Waals surface area contributed by atoms with E-state index >= 15 is 0 Å². The van der Waals surface area contributed by atoms with Crippen molar-refractivity contribution >= 4 is 215 Å². The van der Waals surface area contributed by atoms with E-state index in [1.165, 1.54) is 155 Å². The minimum absolute atomic E-state index is 0.766. The highest BCUT2D eigenvalue weighted by molar-refractivity contribution is 7.26. The molecule has 23 aromatic carbocycles. The molecule has 3 nitrogen and oxygen atoms in total. The first kappa shape index (κ1) is 90.7. The summed E-state index contributed by atoms with van der Waals surface area (Å²) < 4.78 is 2.59. The lowest BCUT2D eigenvalue weighted by molar-refractivity contribution is 1.28. The molecular formula is C136H94Cl3N3SSi3. The molecule has 4 heterocycles. The molecule has 146 heavy (non-hydrogen) atoms. The van der Waals surface area contributed by atoms with Gasteiger partial charge in [-0.1, -0.05) is 472 Å². The Morgan fingerprint density at radius 1 is 0.164 bits per heavy atom. The van der Waals surface area contributed by atoms with Crippen molar-refractivity contribution in [3.05, 3.63) is 585 Å². The van der Waals surface area contributed by atoms with Gasteiger partial charge in [-0.05, 0) is 251 Å². The molecule has 3 aliphatic rings. The van der Waals surface area contributed by atoms with Crippen LogP contribution in [0.5, 0.6) is 0 Å². The number of benzene rings is 23. The van der Waals surface area contributed by atoms with E-state index in [-0.39, 0.29) is 0 Å². The van der Waals surface area contributed by atoms with Crippen molar-refractivity contribution in [1.82, 2.24) is 0 Å². The SMILES string of the molecule is Clc1ccc2c(c1)[Si](c1ccccc1)(c1ccccc1)c1cccc(-c3ccccc3N(c3ccccc3)c3ccccc3)c1-2.Clc1cccc2c(-c3cccc4c3-c3c(N(c5ccccc5)c5ccc6c(c5)sc5ccccc56)cccc3[Si]4(c3ccccc3)c3ccccc3)cccc12.Clc1cccc2c1-c1cc(-c3ccc(N(c4ccccc4)c4ccccc4)cc3)ccc1[Si]2(c1ccccc1)c1ccccc1. The predicted molar refractivity (Wildman–Crippen MR) is 633 cm³/mol. The van der Waals surface area contributed by atoms with Crippen molar-refractivity contribution in [2.24, 2.45) is 0 Å². The van der Waals surface area contributed by atoms with Gasteiger partial charge in [-0.15, -0.1) is 11.3 Å². The first-order valence-corrected chi connectivity index (χ1v) is 57.6. The molecule has 10 heteroatoms. The van der Waals surface area contributed by atoms with Gasteiger partial charge in [-0.25, -0.2) is 0 Å². The number of fused-ring (bicyclic) bond motifs is 13. The number of para-hydroxylation sites is 6. The molecule has 0 atom stereocenters. The van der Waals surface area contributed by atoms with Crippen LogP contribution in [0.1, 0.15) is 0 Å². The van der Waals surface area contributed by atoms with Gasteiger partial charge in [0.15, 0.2) is 24.2 Å². The monoisotopic (exact) mass is 1990 g/mol. The fraction of sp³-hybridized carbons (Fsp3) is 0. The topological polar surface area (TPSA) is 9.72 Å². The molecule has 27 rings (SSSR count). The highest BCUT2D eigenvalue weighted by Gasteiger charge is 2.54. The molecule has 0 radical (unpaired) electrons. The number of hydrogen-bond acceptors (Lipinski definition) is 4. The summed E-state index contributed by atoms with van der Waals surface area (Å²) in [5.74, 6) is 0. The van der Waals surface area contributed by atoms with E-state index in [2.05, 4.69) is 567 Å². The lowest BCUT2D eigenvalue weighted by Gasteiger charge is -2.32. The minimum atomic E-state index is -2.86. The van der Waals surface area contributed by atoms with Crippen molar-refractivity contribution in [3.8, 4) is 66.8 Å². The van der Waals surface area contributed by atoms with Crippen LogP contribution in [0, 0.1) is 0 Å². The maximum Gasteiger partial charge on any atom is 0.180 e. The van der Waals surface area contributed by atoms with Crippen LogP contribution in [0.2, 0.25) is 15.1 Å². The fourth-order valence-electron chi connectivity index (χ4n) is 23.6. The molecule has 692 valence electrons. The molecule has 0 saturated heterocycles. The lowest BCUT2D eigenvalue weighted by Crippen LogP contribution is -2.72. The van der Waals surface area contributed by atoms with E-state index in [0.717, 1.165) is 71.3 Å². The molecule has 0 fully saturated rings. The molecule has 0 bridgehead atoms. The van der Waals surface area contributed by atoms with Gasteiger partial charge in [0, 0.05) is 97.1 Å². The van der Waals surface area contributed by atoms with Crippen LogP contribution in [-0.4, -0.2) is 24.2 Å². The predicted octanol–water partition coefficient (Wildman–Crippen LogP) is 30.0. The van der Waals surface area contributed by atoms with Crippen LogP contribution >= 0.6 is 46.1 Å². The third-order valence-corrected chi connectivity index (χ3v) is 46.2. The first-order chi connectivity index (χ1) is 72.2. The Morgan fingerprint density at radius 2 is 0.514 bits per heavy atom. The van der Waals surface area contributed by atoms with E-state index < -0.39 is 24.2 Å². The number of hydrogen-bond donors (Lipinski definition) is 0. The van der Waals surface area contributed by atoms with Gasteiger partial charge in [-0.2, -0.15) is 0 Å². The van der Waals surface area contributed by atoms with Crippen molar-refractivity contribution < 1.29 is 0 Å². The summed E-state index contributed by atoms with van der Waals surface area (Å²) >= 11 is 22.7. The van der Waals surface area contributed by atoms with Crippen molar-refractivity contribution in [3.63, 3.8) is 0 Å². The second kappa shape index (κ2) is 39.0. The number of halogens is 3. The molecule has 24 aromatic rings. The van der Waals surface area contributed by atoms with Crippen LogP contribution < -0.4 is 76.9 Å². The van der Waals surface area contributed by atoms with Gasteiger partial charge < -0.3 is 14.7 Å². The second-order valence-corrected chi connectivity index (χ2v) is 50.9. The summed E-state index contributed by atoms with van der Waals surface area (Å²) in [5, 5.41) is 23.7. The highest BCUT2D eigenvalue weighted by Crippen LogP contribution is 2.51. The van der Waals surface area contributed by atoms with Gasteiger partial charge in [0.2, 0.25) is 0 Å². The Hall–Kier alpha value is -16.5. The number of thiophene rings is 1. The zero-order chi connectivity index (χ0) is 97.7. The second-order valence-electron chi connectivity index (χ2n) is 37.4. The van der Waals surface area contributed by atoms with E-state index in [0.29, 0.717) is 0 Å².